The quantitative estimate of drug-likeness (QED) is 0.925. The molecular weight excluding hydrogens is 294 g/mol. The highest BCUT2D eigenvalue weighted by atomic mass is 16.5. The van der Waals surface area contributed by atoms with Crippen molar-refractivity contribution in [3.63, 3.8) is 0 Å². The van der Waals surface area contributed by atoms with Crippen molar-refractivity contribution in [3.05, 3.63) is 53.4 Å². The van der Waals surface area contributed by atoms with E-state index in [1.165, 1.54) is 0 Å². The third-order valence-corrected chi connectivity index (χ3v) is 4.51. The molecular formula is C18H19NO4. The van der Waals surface area contributed by atoms with Crippen LogP contribution in [0, 0.1) is 5.92 Å². The van der Waals surface area contributed by atoms with Gasteiger partial charge in [0.05, 0.1) is 25.4 Å². The Morgan fingerprint density at radius 2 is 2.04 bits per heavy atom. The Kier molecular flexibility index (Phi) is 3.94. The van der Waals surface area contributed by atoms with E-state index in [-0.39, 0.29) is 11.7 Å². The van der Waals surface area contributed by atoms with Crippen LogP contribution >= 0.6 is 0 Å². The van der Waals surface area contributed by atoms with Gasteiger partial charge in [-0.05, 0) is 36.3 Å². The number of allylic oxidation sites excluding steroid dienone is 2. The van der Waals surface area contributed by atoms with E-state index in [0.29, 0.717) is 18.7 Å². The lowest BCUT2D eigenvalue weighted by Gasteiger charge is -2.20. The first-order chi connectivity index (χ1) is 11.0. The lowest BCUT2D eigenvalue weighted by atomic mass is 9.89. The number of methoxy groups -OCH3 is 1. The monoisotopic (exact) mass is 313 g/mol. The van der Waals surface area contributed by atoms with Gasteiger partial charge < -0.3 is 14.7 Å². The number of carboxylic acids is 1. The summed E-state index contributed by atoms with van der Waals surface area (Å²) < 4.78 is 5.20. The molecule has 0 fully saturated rings. The highest BCUT2D eigenvalue weighted by molar-refractivity contribution is 5.90. The molecule has 2 unspecified atom stereocenters. The molecule has 1 aromatic rings. The molecule has 1 aromatic carbocycles. The summed E-state index contributed by atoms with van der Waals surface area (Å²) in [7, 11) is 1.58. The number of carbonyl (C=O) groups excluding carboxylic acids is 1. The largest absolute Gasteiger partial charge is 0.501 e. The number of aliphatic carboxylic acids is 1. The summed E-state index contributed by atoms with van der Waals surface area (Å²) in [5, 5.41) is 9.06. The number of hydrogen-bond donors (Lipinski definition) is 1. The summed E-state index contributed by atoms with van der Waals surface area (Å²) in [6, 6.07) is 7.45. The first-order valence-corrected chi connectivity index (χ1v) is 7.58. The molecule has 0 amide bonds. The number of ketones is 1. The van der Waals surface area contributed by atoms with Gasteiger partial charge in [0.15, 0.2) is 0 Å². The first-order valence-electron chi connectivity index (χ1n) is 7.58. The molecule has 1 N–H and O–H groups in total. The Morgan fingerprint density at radius 1 is 1.35 bits per heavy atom. The molecule has 3 rings (SSSR count). The lowest BCUT2D eigenvalue weighted by Crippen LogP contribution is -2.26. The predicted octanol–water partition coefficient (Wildman–Crippen LogP) is 2.70. The van der Waals surface area contributed by atoms with Crippen LogP contribution in [0.3, 0.4) is 0 Å². The maximum absolute atomic E-state index is 12.2. The van der Waals surface area contributed by atoms with Gasteiger partial charge in [0.2, 0.25) is 0 Å². The van der Waals surface area contributed by atoms with Gasteiger partial charge in [-0.25, -0.2) is 0 Å². The van der Waals surface area contributed by atoms with Gasteiger partial charge in [-0.1, -0.05) is 12.1 Å². The Bertz CT molecular complexity index is 702. The average molecular weight is 313 g/mol. The van der Waals surface area contributed by atoms with E-state index < -0.39 is 11.9 Å². The van der Waals surface area contributed by atoms with Crippen molar-refractivity contribution in [1.29, 1.82) is 0 Å². The molecule has 0 saturated carbocycles. The summed E-state index contributed by atoms with van der Waals surface area (Å²) in [5.74, 6) is -0.599. The molecule has 1 aliphatic carbocycles. The molecule has 5 heteroatoms. The summed E-state index contributed by atoms with van der Waals surface area (Å²) in [4.78, 5) is 25.2. The molecule has 0 radical (unpaired) electrons. The second-order valence-electron chi connectivity index (χ2n) is 5.94. The topological polar surface area (TPSA) is 66.8 Å². The van der Waals surface area contributed by atoms with Crippen molar-refractivity contribution in [2.75, 3.05) is 18.6 Å². The smallest absolute Gasteiger partial charge is 0.310 e. The van der Waals surface area contributed by atoms with E-state index in [4.69, 9.17) is 9.84 Å². The van der Waals surface area contributed by atoms with E-state index in [1.54, 1.807) is 14.0 Å². The molecule has 1 aliphatic heterocycles. The maximum atomic E-state index is 12.2. The molecule has 0 aromatic heterocycles. The zero-order chi connectivity index (χ0) is 16.6. The van der Waals surface area contributed by atoms with E-state index in [0.717, 1.165) is 16.8 Å². The van der Waals surface area contributed by atoms with Gasteiger partial charge in [-0.15, -0.1) is 0 Å². The minimum absolute atomic E-state index is 0.105. The molecule has 23 heavy (non-hydrogen) atoms. The normalized spacial score (nSPS) is 21.4. The second kappa shape index (κ2) is 5.91. The van der Waals surface area contributed by atoms with Crippen molar-refractivity contribution in [3.8, 4) is 0 Å². The fourth-order valence-electron chi connectivity index (χ4n) is 2.99. The third-order valence-electron chi connectivity index (χ3n) is 4.51. The Morgan fingerprint density at radius 3 is 2.65 bits per heavy atom. The summed E-state index contributed by atoms with van der Waals surface area (Å²) in [6.07, 6.45) is 4.25. The van der Waals surface area contributed by atoms with Crippen LogP contribution in [0.2, 0.25) is 0 Å². The van der Waals surface area contributed by atoms with Crippen molar-refractivity contribution in [2.45, 2.75) is 19.3 Å². The van der Waals surface area contributed by atoms with Gasteiger partial charge in [-0.3, -0.25) is 9.59 Å². The lowest BCUT2D eigenvalue weighted by molar-refractivity contribution is -0.138. The van der Waals surface area contributed by atoms with Gasteiger partial charge >= 0.3 is 5.97 Å². The standard InChI is InChI=1S/C18H19NO4/c1-11(18(21)22)12-3-5-14(6-4-12)19-9-13-7-15(23-2)8-17(20)16(13)10-19/h3-7,9,11,16H,8,10H2,1-2H3,(H,21,22). The van der Waals surface area contributed by atoms with E-state index in [9.17, 15) is 9.59 Å². The van der Waals surface area contributed by atoms with Crippen molar-refractivity contribution in [1.82, 2.24) is 0 Å². The number of rotatable bonds is 4. The van der Waals surface area contributed by atoms with Crippen LogP contribution in [0.1, 0.15) is 24.8 Å². The Hall–Kier alpha value is -2.56. The summed E-state index contributed by atoms with van der Waals surface area (Å²) in [5.41, 5.74) is 2.69. The average Bonchev–Trinajstić information content (AvgIpc) is 2.98. The van der Waals surface area contributed by atoms with Gasteiger partial charge in [-0.2, -0.15) is 0 Å². The number of nitrogens with zero attached hydrogens (tertiary/aromatic N) is 1. The molecule has 1 heterocycles. The number of carbonyl (C=O) groups is 2. The molecule has 0 spiro atoms. The number of carboxylic acid groups (broad SMARTS) is 1. The van der Waals surface area contributed by atoms with E-state index in [2.05, 4.69) is 0 Å². The molecule has 0 saturated heterocycles. The van der Waals surface area contributed by atoms with Crippen molar-refractivity contribution >= 4 is 17.4 Å². The molecule has 0 bridgehead atoms. The fraction of sp³-hybridized carbons (Fsp3) is 0.333. The first kappa shape index (κ1) is 15.3. The minimum Gasteiger partial charge on any atom is -0.501 e. The number of anilines is 1. The van der Waals surface area contributed by atoms with Crippen LogP contribution in [0.4, 0.5) is 5.69 Å². The van der Waals surface area contributed by atoms with Gasteiger partial charge in [0, 0.05) is 18.4 Å². The zero-order valence-electron chi connectivity index (χ0n) is 13.2. The van der Waals surface area contributed by atoms with Crippen molar-refractivity contribution < 1.29 is 19.4 Å². The second-order valence-corrected chi connectivity index (χ2v) is 5.94. The predicted molar refractivity (Wildman–Crippen MR) is 86.1 cm³/mol. The van der Waals surface area contributed by atoms with Crippen LogP contribution < -0.4 is 4.90 Å². The zero-order valence-corrected chi connectivity index (χ0v) is 13.2. The van der Waals surface area contributed by atoms with Gasteiger partial charge in [0.25, 0.3) is 0 Å². The highest BCUT2D eigenvalue weighted by Crippen LogP contribution is 2.34. The molecule has 2 aliphatic rings. The number of hydrogen-bond acceptors (Lipinski definition) is 4. The van der Waals surface area contributed by atoms with Gasteiger partial charge in [0.1, 0.15) is 11.5 Å². The minimum atomic E-state index is -0.838. The number of ether oxygens (including phenoxy) is 1. The van der Waals surface area contributed by atoms with Crippen LogP contribution in [-0.2, 0) is 14.3 Å². The highest BCUT2D eigenvalue weighted by Gasteiger charge is 2.34. The summed E-state index contributed by atoms with van der Waals surface area (Å²) >= 11 is 0. The van der Waals surface area contributed by atoms with E-state index in [1.807, 2.05) is 41.4 Å². The number of benzene rings is 1. The Labute approximate surface area is 134 Å². The van der Waals surface area contributed by atoms with Crippen LogP contribution in [0.5, 0.6) is 0 Å². The van der Waals surface area contributed by atoms with Crippen LogP contribution in [0.25, 0.3) is 0 Å². The van der Waals surface area contributed by atoms with Crippen LogP contribution in [-0.4, -0.2) is 30.5 Å². The SMILES string of the molecule is COC1=CC2=CN(c3ccc(C(C)C(=O)O)cc3)CC2C(=O)C1. The van der Waals surface area contributed by atoms with Crippen LogP contribution in [0.15, 0.2) is 47.9 Å². The molecule has 5 nitrogen and oxygen atoms in total. The third kappa shape index (κ3) is 2.86. The van der Waals surface area contributed by atoms with Crippen molar-refractivity contribution in [2.24, 2.45) is 5.92 Å². The maximum Gasteiger partial charge on any atom is 0.310 e. The number of Topliss-reactive ketones (excluding diaryl/α,β-unsaturated/α-hetero) is 1. The fourth-order valence-corrected chi connectivity index (χ4v) is 2.99. The number of fused-ring (bicyclic) bond motifs is 1. The Balaban J connectivity index is 1.82. The van der Waals surface area contributed by atoms with E-state index >= 15 is 0 Å². The molecule has 2 atom stereocenters. The summed E-state index contributed by atoms with van der Waals surface area (Å²) in [6.45, 7) is 2.29. The molecule has 120 valence electrons.